The van der Waals surface area contributed by atoms with Crippen molar-refractivity contribution in [2.75, 3.05) is 17.1 Å². The summed E-state index contributed by atoms with van der Waals surface area (Å²) >= 11 is 0. The topological polar surface area (TPSA) is 99.3 Å². The van der Waals surface area contributed by atoms with Crippen LogP contribution in [0.1, 0.15) is 28.5 Å². The van der Waals surface area contributed by atoms with Gasteiger partial charge in [0.25, 0.3) is 0 Å². The zero-order valence-electron chi connectivity index (χ0n) is 15.8. The molecular formula is C21H21FN2O4S. The number of fused-ring (bicyclic) bond motifs is 1. The number of carbonyl (C=O) groups is 1. The molecule has 152 valence electrons. The normalized spacial score (nSPS) is 11.4. The molecule has 2 aromatic rings. The van der Waals surface area contributed by atoms with Crippen molar-refractivity contribution in [3.05, 3.63) is 77.2 Å². The number of aryl methyl sites for hydroxylation is 1. The number of ketones is 1. The summed E-state index contributed by atoms with van der Waals surface area (Å²) in [6.07, 6.45) is 0.762. The molecule has 1 heterocycles. The Bertz CT molecular complexity index is 1120. The molecule has 0 bridgehead atoms. The number of nitrogens with one attached hydrogen (secondary N) is 2. The van der Waals surface area contributed by atoms with E-state index in [1.807, 2.05) is 25.1 Å². The van der Waals surface area contributed by atoms with Gasteiger partial charge in [-0.1, -0.05) is 55.5 Å². The van der Waals surface area contributed by atoms with Crippen LogP contribution in [-0.4, -0.2) is 36.7 Å². The van der Waals surface area contributed by atoms with E-state index in [4.69, 9.17) is 5.11 Å². The number of anilines is 1. The predicted molar refractivity (Wildman–Crippen MR) is 110 cm³/mol. The zero-order chi connectivity index (χ0) is 21.0. The molecule has 0 unspecified atom stereocenters. The Kier molecular flexibility index (Phi) is 6.14. The van der Waals surface area contributed by atoms with Crippen molar-refractivity contribution in [2.24, 2.45) is 0 Å². The Morgan fingerprint density at radius 2 is 1.76 bits per heavy atom. The van der Waals surface area contributed by atoms with Crippen LogP contribution in [0, 0.1) is 5.82 Å². The highest BCUT2D eigenvalue weighted by molar-refractivity contribution is 7.92. The molecule has 0 spiro atoms. The van der Waals surface area contributed by atoms with Gasteiger partial charge >= 0.3 is 0 Å². The summed E-state index contributed by atoms with van der Waals surface area (Å²) in [6.45, 7) is 1.59. The van der Waals surface area contributed by atoms with Gasteiger partial charge in [-0.2, -0.15) is 0 Å². The van der Waals surface area contributed by atoms with Crippen LogP contribution < -0.4 is 4.72 Å². The van der Waals surface area contributed by atoms with Crippen LogP contribution in [0.4, 0.5) is 10.1 Å². The Balaban J connectivity index is 0.000000166. The lowest BCUT2D eigenvalue weighted by Gasteiger charge is -2.10. The molecule has 0 aromatic heterocycles. The van der Waals surface area contributed by atoms with Gasteiger partial charge in [-0.25, -0.2) is 12.8 Å². The summed E-state index contributed by atoms with van der Waals surface area (Å²) < 4.78 is 37.9. The van der Waals surface area contributed by atoms with Crippen LogP contribution in [0.25, 0.3) is 11.3 Å². The van der Waals surface area contributed by atoms with E-state index in [2.05, 4.69) is 9.71 Å². The van der Waals surface area contributed by atoms with Crippen LogP contribution in [0.5, 0.6) is 0 Å². The minimum absolute atomic E-state index is 0.142. The second-order valence-corrected chi connectivity index (χ2v) is 8.26. The third-order valence-electron chi connectivity index (χ3n) is 4.41. The van der Waals surface area contributed by atoms with E-state index in [1.54, 1.807) is 36.4 Å². The smallest absolute Gasteiger partial charge is 0.234 e. The number of aromatic amines is 1. The molecule has 0 amide bonds. The molecule has 3 N–H and O–H groups in total. The average Bonchev–Trinajstić information content (AvgIpc) is 3.21. The molecule has 0 saturated carbocycles. The monoisotopic (exact) mass is 416 g/mol. The second-order valence-electron chi connectivity index (χ2n) is 6.41. The first-order valence-electron chi connectivity index (χ1n) is 9.08. The fourth-order valence-electron chi connectivity index (χ4n) is 2.81. The minimum atomic E-state index is -3.42. The van der Waals surface area contributed by atoms with Crippen LogP contribution in [0.15, 0.2) is 54.6 Å². The van der Waals surface area contributed by atoms with Crippen LogP contribution in [0.3, 0.4) is 0 Å². The number of aliphatic hydroxyl groups is 1. The maximum absolute atomic E-state index is 12.7. The summed E-state index contributed by atoms with van der Waals surface area (Å²) in [5, 5.41) is 8.59. The highest BCUT2D eigenvalue weighted by atomic mass is 32.2. The van der Waals surface area contributed by atoms with Crippen molar-refractivity contribution in [1.82, 2.24) is 4.98 Å². The minimum Gasteiger partial charge on any atom is -0.395 e. The van der Waals surface area contributed by atoms with Crippen molar-refractivity contribution in [2.45, 2.75) is 13.3 Å². The van der Waals surface area contributed by atoms with Gasteiger partial charge in [0.1, 0.15) is 0 Å². The van der Waals surface area contributed by atoms with Gasteiger partial charge < -0.3 is 10.1 Å². The summed E-state index contributed by atoms with van der Waals surface area (Å²) in [5.74, 6) is -0.674. The van der Waals surface area contributed by atoms with Gasteiger partial charge in [0.05, 0.1) is 35.0 Å². The standard InChI is InChI=1S/C11H6FNO.C10H15NO3S/c12-8-7-9(8)13-10(7)11(14)6-4-2-1-3-5-6;1-2-9-5-3-4-6-10(9)11-15(13,14)8-7-12/h1-5,13H;3-6,11-12H,2,7-8H2,1H3. The number of carbonyl (C=O) groups excluding carboxylic acids is 1. The SMILES string of the molecule is CCc1ccccc1NS(=O)(=O)CCO.O=C(c1ccccc1)c1[nH]c2c(F)c1-2. The van der Waals surface area contributed by atoms with Gasteiger partial charge in [0.15, 0.2) is 5.82 Å². The number of rotatable bonds is 7. The van der Waals surface area contributed by atoms with Crippen molar-refractivity contribution in [1.29, 1.82) is 0 Å². The van der Waals surface area contributed by atoms with Gasteiger partial charge in [-0.15, -0.1) is 0 Å². The highest BCUT2D eigenvalue weighted by Crippen LogP contribution is 2.45. The lowest BCUT2D eigenvalue weighted by Crippen LogP contribution is -2.19. The Morgan fingerprint density at radius 1 is 1.10 bits per heavy atom. The number of hydrogen-bond donors (Lipinski definition) is 3. The summed E-state index contributed by atoms with van der Waals surface area (Å²) in [6, 6.07) is 16.1. The van der Waals surface area contributed by atoms with Gasteiger partial charge in [-0.3, -0.25) is 9.52 Å². The first-order valence-corrected chi connectivity index (χ1v) is 10.7. The Labute approximate surface area is 168 Å². The molecule has 8 heteroatoms. The molecule has 6 nitrogen and oxygen atoms in total. The molecule has 0 atom stereocenters. The fourth-order valence-corrected chi connectivity index (χ4v) is 3.69. The number of aliphatic hydroxyl groups excluding tert-OH is 1. The predicted octanol–water partition coefficient (Wildman–Crippen LogP) is 3.35. The molecule has 2 aromatic carbocycles. The summed E-state index contributed by atoms with van der Waals surface area (Å²) in [5.41, 5.74) is 3.50. The largest absolute Gasteiger partial charge is 0.395 e. The van der Waals surface area contributed by atoms with Crippen molar-refractivity contribution >= 4 is 21.5 Å². The van der Waals surface area contributed by atoms with Crippen LogP contribution in [-0.2, 0) is 16.4 Å². The number of aromatic nitrogens is 1. The maximum Gasteiger partial charge on any atom is 0.234 e. The first-order chi connectivity index (χ1) is 13.9. The third kappa shape index (κ3) is 4.72. The molecule has 0 saturated heterocycles. The van der Waals surface area contributed by atoms with Crippen LogP contribution in [0.2, 0.25) is 0 Å². The number of hydrogen-bond acceptors (Lipinski definition) is 4. The van der Waals surface area contributed by atoms with E-state index in [0.717, 1.165) is 12.0 Å². The van der Waals surface area contributed by atoms with Crippen LogP contribution >= 0.6 is 0 Å². The van der Waals surface area contributed by atoms with E-state index >= 15 is 0 Å². The van der Waals surface area contributed by atoms with E-state index in [1.165, 1.54) is 0 Å². The average molecular weight is 416 g/mol. The van der Waals surface area contributed by atoms with Crippen molar-refractivity contribution in [3.63, 3.8) is 0 Å². The molecular weight excluding hydrogens is 395 g/mol. The lowest BCUT2D eigenvalue weighted by atomic mass is 10.1. The number of para-hydroxylation sites is 1. The van der Waals surface area contributed by atoms with E-state index < -0.39 is 10.0 Å². The second kappa shape index (κ2) is 8.59. The quantitative estimate of drug-likeness (QED) is 0.402. The van der Waals surface area contributed by atoms with Gasteiger partial charge in [0.2, 0.25) is 15.8 Å². The molecule has 4 rings (SSSR count). The number of halogens is 1. The van der Waals surface area contributed by atoms with Crippen molar-refractivity contribution in [3.8, 4) is 11.3 Å². The molecule has 0 fully saturated rings. The van der Waals surface area contributed by atoms with E-state index in [0.29, 0.717) is 28.2 Å². The fraction of sp³-hybridized carbons (Fsp3) is 0.190. The first kappa shape index (κ1) is 20.8. The maximum atomic E-state index is 12.7. The highest BCUT2D eigenvalue weighted by Gasteiger charge is 2.37. The Hall–Kier alpha value is -2.97. The molecule has 2 aliphatic rings. The molecule has 1 aliphatic heterocycles. The lowest BCUT2D eigenvalue weighted by molar-refractivity contribution is 0.103. The zero-order valence-corrected chi connectivity index (χ0v) is 16.6. The van der Waals surface area contributed by atoms with E-state index in [-0.39, 0.29) is 24.0 Å². The van der Waals surface area contributed by atoms with E-state index in [9.17, 15) is 17.6 Å². The molecule has 0 radical (unpaired) electrons. The van der Waals surface area contributed by atoms with Gasteiger partial charge in [0, 0.05) is 5.56 Å². The third-order valence-corrected chi connectivity index (χ3v) is 5.66. The summed E-state index contributed by atoms with van der Waals surface area (Å²) in [4.78, 5) is 14.4. The Morgan fingerprint density at radius 3 is 2.31 bits per heavy atom. The number of sulfonamides is 1. The summed E-state index contributed by atoms with van der Waals surface area (Å²) in [7, 11) is -3.42. The van der Waals surface area contributed by atoms with Crippen molar-refractivity contribution < 1.29 is 22.7 Å². The number of benzene rings is 2. The molecule has 29 heavy (non-hydrogen) atoms. The molecule has 1 aliphatic carbocycles. The van der Waals surface area contributed by atoms with Gasteiger partial charge in [-0.05, 0) is 18.1 Å². The number of H-pyrrole nitrogens is 1.